The number of carbonyl (C=O) groups excluding carboxylic acids is 1. The van der Waals surface area contributed by atoms with Gasteiger partial charge in [0.25, 0.3) is 5.91 Å². The van der Waals surface area contributed by atoms with Gasteiger partial charge in [-0.2, -0.15) is 0 Å². The molecule has 2 heterocycles. The Labute approximate surface area is 110 Å². The molecule has 0 N–H and O–H groups in total. The lowest BCUT2D eigenvalue weighted by Gasteiger charge is -2.15. The average molecular weight is 262 g/mol. The first-order valence-electron chi connectivity index (χ1n) is 5.88. The highest BCUT2D eigenvalue weighted by Gasteiger charge is 2.25. The molecule has 1 aromatic carbocycles. The Kier molecular flexibility index (Phi) is 2.88. The van der Waals surface area contributed by atoms with Crippen molar-refractivity contribution in [3.63, 3.8) is 0 Å². The summed E-state index contributed by atoms with van der Waals surface area (Å²) in [7, 11) is 0. The molecule has 0 bridgehead atoms. The van der Waals surface area contributed by atoms with Crippen molar-refractivity contribution in [2.75, 3.05) is 13.1 Å². The minimum Gasteiger partial charge on any atom is -0.337 e. The normalized spacial score (nSPS) is 19.4. The number of hydrogen-bond donors (Lipinski definition) is 0. The Hall–Kier alpha value is -1.68. The summed E-state index contributed by atoms with van der Waals surface area (Å²) < 4.78 is 0. The van der Waals surface area contributed by atoms with E-state index in [0.29, 0.717) is 12.1 Å². The lowest BCUT2D eigenvalue weighted by molar-refractivity contribution is 0.0793. The first-order chi connectivity index (χ1) is 8.74. The lowest BCUT2D eigenvalue weighted by Crippen LogP contribution is -2.28. The molecule has 1 aliphatic heterocycles. The molecule has 0 spiro atoms. The molecule has 18 heavy (non-hydrogen) atoms. The number of benzene rings is 1. The van der Waals surface area contributed by atoms with Gasteiger partial charge in [-0.1, -0.05) is 0 Å². The van der Waals surface area contributed by atoms with Crippen molar-refractivity contribution in [1.29, 1.82) is 0 Å². The van der Waals surface area contributed by atoms with Crippen LogP contribution in [-0.2, 0) is 0 Å². The van der Waals surface area contributed by atoms with Crippen LogP contribution in [0.2, 0.25) is 0 Å². The molecule has 92 valence electrons. The average Bonchev–Trinajstić information content (AvgIpc) is 2.84. The topological polar surface area (TPSA) is 46.1 Å². The fraction of sp³-hybridized carbons (Fsp3) is 0.308. The monoisotopic (exact) mass is 261 g/mol. The smallest absolute Gasteiger partial charge is 0.253 e. The van der Waals surface area contributed by atoms with Gasteiger partial charge in [0, 0.05) is 31.0 Å². The third-order valence-corrected chi connectivity index (χ3v) is 3.49. The lowest BCUT2D eigenvalue weighted by atomic mass is 10.1. The molecule has 2 aromatic rings. The number of aromatic nitrogens is 2. The molecule has 1 aliphatic rings. The van der Waals surface area contributed by atoms with Gasteiger partial charge in [-0.15, -0.1) is 11.6 Å². The van der Waals surface area contributed by atoms with E-state index in [1.165, 1.54) is 0 Å². The van der Waals surface area contributed by atoms with Crippen LogP contribution in [0.3, 0.4) is 0 Å². The van der Waals surface area contributed by atoms with Crippen LogP contribution < -0.4 is 0 Å². The zero-order valence-corrected chi connectivity index (χ0v) is 10.5. The molecular weight excluding hydrogens is 250 g/mol. The largest absolute Gasteiger partial charge is 0.337 e. The standard InChI is InChI=1S/C13H12ClN3O/c14-10-3-6-17(8-10)13(18)9-1-2-11-12(7-9)16-5-4-15-11/h1-2,4-5,7,10H,3,6,8H2. The number of amides is 1. The number of likely N-dealkylation sites (tertiary alicyclic amines) is 1. The summed E-state index contributed by atoms with van der Waals surface area (Å²) in [5.74, 6) is 0.0192. The predicted octanol–water partition coefficient (Wildman–Crippen LogP) is 2.08. The molecular formula is C13H12ClN3O. The van der Waals surface area contributed by atoms with E-state index in [0.717, 1.165) is 24.0 Å². The summed E-state index contributed by atoms with van der Waals surface area (Å²) in [6.45, 7) is 1.35. The van der Waals surface area contributed by atoms with Crippen LogP contribution in [0.1, 0.15) is 16.8 Å². The summed E-state index contributed by atoms with van der Waals surface area (Å²) >= 11 is 6.02. The van der Waals surface area contributed by atoms with E-state index < -0.39 is 0 Å². The van der Waals surface area contributed by atoms with Crippen LogP contribution in [-0.4, -0.2) is 39.2 Å². The zero-order valence-electron chi connectivity index (χ0n) is 9.71. The van der Waals surface area contributed by atoms with Crippen molar-refractivity contribution in [3.05, 3.63) is 36.2 Å². The molecule has 1 saturated heterocycles. The van der Waals surface area contributed by atoms with Crippen molar-refractivity contribution in [3.8, 4) is 0 Å². The predicted molar refractivity (Wildman–Crippen MR) is 69.7 cm³/mol. The zero-order chi connectivity index (χ0) is 12.5. The van der Waals surface area contributed by atoms with Gasteiger partial charge in [0.05, 0.1) is 16.4 Å². The SMILES string of the molecule is O=C(c1ccc2nccnc2c1)N1CCC(Cl)C1. The Morgan fingerprint density at radius 3 is 2.78 bits per heavy atom. The highest BCUT2D eigenvalue weighted by atomic mass is 35.5. The van der Waals surface area contributed by atoms with Gasteiger partial charge in [0.15, 0.2) is 0 Å². The molecule has 0 saturated carbocycles. The first kappa shape index (κ1) is 11.4. The second-order valence-corrected chi connectivity index (χ2v) is 5.01. The van der Waals surface area contributed by atoms with E-state index in [2.05, 4.69) is 9.97 Å². The fourth-order valence-electron chi connectivity index (χ4n) is 2.18. The van der Waals surface area contributed by atoms with Crippen molar-refractivity contribution in [2.45, 2.75) is 11.8 Å². The first-order valence-corrected chi connectivity index (χ1v) is 6.32. The van der Waals surface area contributed by atoms with Gasteiger partial charge < -0.3 is 4.90 Å². The molecule has 1 aromatic heterocycles. The summed E-state index contributed by atoms with van der Waals surface area (Å²) in [6.07, 6.45) is 4.13. The molecule has 0 aliphatic carbocycles. The third-order valence-electron chi connectivity index (χ3n) is 3.13. The van der Waals surface area contributed by atoms with Crippen LogP contribution in [0.25, 0.3) is 11.0 Å². The Bertz CT molecular complexity index is 602. The third kappa shape index (κ3) is 2.04. The minimum atomic E-state index is 0.0192. The maximum atomic E-state index is 12.3. The summed E-state index contributed by atoms with van der Waals surface area (Å²) in [5, 5.41) is 0.0780. The number of carbonyl (C=O) groups is 1. The van der Waals surface area contributed by atoms with Gasteiger partial charge in [-0.3, -0.25) is 14.8 Å². The Morgan fingerprint density at radius 2 is 2.06 bits per heavy atom. The molecule has 1 unspecified atom stereocenters. The van der Waals surface area contributed by atoms with E-state index in [1.54, 1.807) is 29.4 Å². The molecule has 1 fully saturated rings. The second kappa shape index (κ2) is 4.53. The van der Waals surface area contributed by atoms with Gasteiger partial charge in [-0.25, -0.2) is 0 Å². The van der Waals surface area contributed by atoms with Crippen LogP contribution in [0, 0.1) is 0 Å². The van der Waals surface area contributed by atoms with E-state index in [1.807, 2.05) is 6.07 Å². The maximum Gasteiger partial charge on any atom is 0.253 e. The fourth-order valence-corrected chi connectivity index (χ4v) is 2.45. The molecule has 1 amide bonds. The highest BCUT2D eigenvalue weighted by molar-refractivity contribution is 6.21. The number of rotatable bonds is 1. The Morgan fingerprint density at radius 1 is 1.28 bits per heavy atom. The summed E-state index contributed by atoms with van der Waals surface area (Å²) in [4.78, 5) is 22.4. The molecule has 4 nitrogen and oxygen atoms in total. The van der Waals surface area contributed by atoms with Gasteiger partial charge in [0.2, 0.25) is 0 Å². The van der Waals surface area contributed by atoms with Crippen LogP contribution in [0.4, 0.5) is 0 Å². The number of fused-ring (bicyclic) bond motifs is 1. The van der Waals surface area contributed by atoms with Gasteiger partial charge in [0.1, 0.15) is 0 Å². The maximum absolute atomic E-state index is 12.3. The van der Waals surface area contributed by atoms with Crippen molar-refractivity contribution < 1.29 is 4.79 Å². The van der Waals surface area contributed by atoms with Crippen molar-refractivity contribution in [2.24, 2.45) is 0 Å². The van der Waals surface area contributed by atoms with E-state index in [-0.39, 0.29) is 11.3 Å². The van der Waals surface area contributed by atoms with E-state index in [9.17, 15) is 4.79 Å². The summed E-state index contributed by atoms with van der Waals surface area (Å²) in [5.41, 5.74) is 2.18. The summed E-state index contributed by atoms with van der Waals surface area (Å²) in [6, 6.07) is 5.40. The number of halogens is 1. The highest BCUT2D eigenvalue weighted by Crippen LogP contribution is 2.19. The molecule has 1 atom stereocenters. The van der Waals surface area contributed by atoms with Crippen LogP contribution >= 0.6 is 11.6 Å². The van der Waals surface area contributed by atoms with Crippen LogP contribution in [0.15, 0.2) is 30.6 Å². The van der Waals surface area contributed by atoms with Crippen LogP contribution in [0.5, 0.6) is 0 Å². The quantitative estimate of drug-likeness (QED) is 0.739. The number of hydrogen-bond acceptors (Lipinski definition) is 3. The van der Waals surface area contributed by atoms with Gasteiger partial charge >= 0.3 is 0 Å². The molecule has 3 rings (SSSR count). The second-order valence-electron chi connectivity index (χ2n) is 4.40. The van der Waals surface area contributed by atoms with Crippen molar-refractivity contribution in [1.82, 2.24) is 14.9 Å². The molecule has 5 heteroatoms. The minimum absolute atomic E-state index is 0.0192. The Balaban J connectivity index is 1.92. The van der Waals surface area contributed by atoms with E-state index in [4.69, 9.17) is 11.6 Å². The van der Waals surface area contributed by atoms with E-state index >= 15 is 0 Å². The molecule has 0 radical (unpaired) electrons. The number of nitrogens with zero attached hydrogens (tertiary/aromatic N) is 3. The number of alkyl halides is 1. The van der Waals surface area contributed by atoms with Crippen molar-refractivity contribution >= 4 is 28.5 Å². The van der Waals surface area contributed by atoms with Gasteiger partial charge in [-0.05, 0) is 24.6 Å².